The van der Waals surface area contributed by atoms with E-state index < -0.39 is 24.0 Å². The van der Waals surface area contributed by atoms with Crippen molar-refractivity contribution < 1.29 is 19.8 Å². The molecule has 0 spiro atoms. The van der Waals surface area contributed by atoms with Crippen LogP contribution >= 0.6 is 11.3 Å². The number of carboxylic acids is 2. The lowest BCUT2D eigenvalue weighted by molar-refractivity contribution is -0.142. The SMILES string of the molecule is CC(C)CC(N[C@H](Cc1cscn1)C(=O)O)C(=O)O. The molecule has 0 saturated carbocycles. The summed E-state index contributed by atoms with van der Waals surface area (Å²) in [5, 5.41) is 22.7. The van der Waals surface area contributed by atoms with E-state index in [9.17, 15) is 9.59 Å². The Morgan fingerprint density at radius 2 is 1.95 bits per heavy atom. The molecule has 0 saturated heterocycles. The predicted molar refractivity (Wildman–Crippen MR) is 71.3 cm³/mol. The van der Waals surface area contributed by atoms with Gasteiger partial charge in [-0.15, -0.1) is 11.3 Å². The third-order valence-corrected chi connectivity index (χ3v) is 3.24. The molecule has 0 radical (unpaired) electrons. The van der Waals surface area contributed by atoms with E-state index in [4.69, 9.17) is 10.2 Å². The average Bonchev–Trinajstić information content (AvgIpc) is 2.78. The Balaban J connectivity index is 2.70. The highest BCUT2D eigenvalue weighted by atomic mass is 32.1. The molecule has 19 heavy (non-hydrogen) atoms. The first-order valence-corrected chi connectivity index (χ1v) is 6.93. The van der Waals surface area contributed by atoms with Crippen molar-refractivity contribution >= 4 is 23.3 Å². The van der Waals surface area contributed by atoms with Crippen LogP contribution in [0.3, 0.4) is 0 Å². The summed E-state index contributed by atoms with van der Waals surface area (Å²) in [5.41, 5.74) is 2.27. The summed E-state index contributed by atoms with van der Waals surface area (Å²) < 4.78 is 0. The van der Waals surface area contributed by atoms with Crippen LogP contribution in [0.15, 0.2) is 10.9 Å². The van der Waals surface area contributed by atoms with E-state index in [0.29, 0.717) is 12.1 Å². The van der Waals surface area contributed by atoms with E-state index in [-0.39, 0.29) is 12.3 Å². The van der Waals surface area contributed by atoms with Crippen LogP contribution in [0.4, 0.5) is 0 Å². The zero-order valence-corrected chi connectivity index (χ0v) is 11.7. The van der Waals surface area contributed by atoms with Crippen molar-refractivity contribution in [1.82, 2.24) is 10.3 Å². The number of rotatable bonds is 8. The van der Waals surface area contributed by atoms with Crippen molar-refractivity contribution in [1.29, 1.82) is 0 Å². The summed E-state index contributed by atoms with van der Waals surface area (Å²) >= 11 is 1.38. The number of aliphatic carboxylic acids is 2. The molecular formula is C12H18N2O4S. The lowest BCUT2D eigenvalue weighted by Gasteiger charge is -2.21. The van der Waals surface area contributed by atoms with Crippen LogP contribution in [0, 0.1) is 5.92 Å². The predicted octanol–water partition coefficient (Wildman–Crippen LogP) is 1.23. The first-order chi connectivity index (χ1) is 8.90. The third-order valence-electron chi connectivity index (χ3n) is 2.60. The summed E-state index contributed by atoms with van der Waals surface area (Å²) in [5.74, 6) is -1.93. The zero-order valence-electron chi connectivity index (χ0n) is 10.9. The Bertz CT molecular complexity index is 419. The maximum atomic E-state index is 11.2. The first kappa shape index (κ1) is 15.6. The van der Waals surface area contributed by atoms with Gasteiger partial charge in [-0.05, 0) is 12.3 Å². The van der Waals surface area contributed by atoms with Crippen LogP contribution < -0.4 is 5.32 Å². The highest BCUT2D eigenvalue weighted by Gasteiger charge is 2.27. The fourth-order valence-electron chi connectivity index (χ4n) is 1.72. The standard InChI is InChI=1S/C12H18N2O4S/c1-7(2)3-9(11(15)16)14-10(12(17)18)4-8-5-19-6-13-8/h5-7,9-10,14H,3-4H2,1-2H3,(H,15,16)(H,17,18)/t9?,10-/m1/s1. The van der Waals surface area contributed by atoms with Crippen LogP contribution in [0.1, 0.15) is 26.0 Å². The maximum absolute atomic E-state index is 11.2. The van der Waals surface area contributed by atoms with Crippen LogP contribution in [-0.2, 0) is 16.0 Å². The monoisotopic (exact) mass is 286 g/mol. The number of carboxylic acid groups (broad SMARTS) is 2. The van der Waals surface area contributed by atoms with Crippen molar-refractivity contribution in [2.75, 3.05) is 0 Å². The molecule has 0 aliphatic rings. The Labute approximate surface area is 115 Å². The number of carbonyl (C=O) groups is 2. The minimum Gasteiger partial charge on any atom is -0.480 e. The van der Waals surface area contributed by atoms with Gasteiger partial charge in [0.25, 0.3) is 0 Å². The van der Waals surface area contributed by atoms with Gasteiger partial charge >= 0.3 is 11.9 Å². The van der Waals surface area contributed by atoms with E-state index in [1.165, 1.54) is 11.3 Å². The molecule has 7 heteroatoms. The summed E-state index contributed by atoms with van der Waals surface area (Å²) in [7, 11) is 0. The number of nitrogens with one attached hydrogen (secondary N) is 1. The first-order valence-electron chi connectivity index (χ1n) is 5.99. The highest BCUT2D eigenvalue weighted by molar-refractivity contribution is 7.07. The van der Waals surface area contributed by atoms with Crippen molar-refractivity contribution in [2.45, 2.75) is 38.8 Å². The van der Waals surface area contributed by atoms with E-state index in [1.807, 2.05) is 13.8 Å². The molecule has 6 nitrogen and oxygen atoms in total. The lowest BCUT2D eigenvalue weighted by atomic mass is 10.0. The summed E-state index contributed by atoms with van der Waals surface area (Å²) in [6, 6.07) is -1.80. The molecule has 1 aromatic rings. The molecule has 0 aliphatic heterocycles. The van der Waals surface area contributed by atoms with Gasteiger partial charge in [0.15, 0.2) is 0 Å². The molecule has 3 N–H and O–H groups in total. The smallest absolute Gasteiger partial charge is 0.321 e. The second-order valence-electron chi connectivity index (χ2n) is 4.76. The van der Waals surface area contributed by atoms with Crippen LogP contribution in [-0.4, -0.2) is 39.2 Å². The van der Waals surface area contributed by atoms with Crippen molar-refractivity contribution in [3.05, 3.63) is 16.6 Å². The maximum Gasteiger partial charge on any atom is 0.321 e. The van der Waals surface area contributed by atoms with E-state index in [1.54, 1.807) is 10.9 Å². The van der Waals surface area contributed by atoms with Crippen LogP contribution in [0.5, 0.6) is 0 Å². The molecule has 0 fully saturated rings. The topological polar surface area (TPSA) is 99.5 Å². The van der Waals surface area contributed by atoms with Gasteiger partial charge in [-0.1, -0.05) is 13.8 Å². The average molecular weight is 286 g/mol. The van der Waals surface area contributed by atoms with Crippen molar-refractivity contribution in [2.24, 2.45) is 5.92 Å². The zero-order chi connectivity index (χ0) is 14.4. The van der Waals surface area contributed by atoms with Gasteiger partial charge in [0, 0.05) is 11.8 Å². The largest absolute Gasteiger partial charge is 0.480 e. The fourth-order valence-corrected chi connectivity index (χ4v) is 2.29. The van der Waals surface area contributed by atoms with Gasteiger partial charge in [0.2, 0.25) is 0 Å². The molecule has 106 valence electrons. The molecule has 1 rings (SSSR count). The third kappa shape index (κ3) is 5.35. The summed E-state index contributed by atoms with van der Waals surface area (Å²) in [6.45, 7) is 3.79. The molecule has 0 bridgehead atoms. The van der Waals surface area contributed by atoms with Crippen LogP contribution in [0.2, 0.25) is 0 Å². The molecule has 1 heterocycles. The van der Waals surface area contributed by atoms with Gasteiger partial charge < -0.3 is 10.2 Å². The van der Waals surface area contributed by atoms with Gasteiger partial charge in [0.05, 0.1) is 11.2 Å². The summed E-state index contributed by atoms with van der Waals surface area (Å²) in [4.78, 5) is 26.3. The minimum atomic E-state index is -1.07. The van der Waals surface area contributed by atoms with E-state index in [0.717, 1.165) is 0 Å². The lowest BCUT2D eigenvalue weighted by Crippen LogP contribution is -2.48. The second-order valence-corrected chi connectivity index (χ2v) is 5.48. The van der Waals surface area contributed by atoms with Crippen molar-refractivity contribution in [3.8, 4) is 0 Å². The fraction of sp³-hybridized carbons (Fsp3) is 0.583. The molecule has 2 atom stereocenters. The van der Waals surface area contributed by atoms with E-state index in [2.05, 4.69) is 10.3 Å². The van der Waals surface area contributed by atoms with E-state index >= 15 is 0 Å². The van der Waals surface area contributed by atoms with Gasteiger partial charge in [-0.25, -0.2) is 4.98 Å². The summed E-state index contributed by atoms with van der Waals surface area (Å²) in [6.07, 6.45) is 0.566. The molecule has 0 aromatic carbocycles. The molecular weight excluding hydrogens is 268 g/mol. The number of hydrogen-bond donors (Lipinski definition) is 3. The number of thiazole rings is 1. The van der Waals surface area contributed by atoms with Crippen molar-refractivity contribution in [3.63, 3.8) is 0 Å². The quantitative estimate of drug-likeness (QED) is 0.664. The Morgan fingerprint density at radius 3 is 2.37 bits per heavy atom. The Morgan fingerprint density at radius 1 is 1.32 bits per heavy atom. The second kappa shape index (κ2) is 7.20. The Hall–Kier alpha value is -1.47. The molecule has 1 unspecified atom stereocenters. The minimum absolute atomic E-state index is 0.169. The normalized spacial score (nSPS) is 14.3. The number of aromatic nitrogens is 1. The van der Waals surface area contributed by atoms with Gasteiger partial charge in [0.1, 0.15) is 12.1 Å². The number of hydrogen-bond acceptors (Lipinski definition) is 5. The van der Waals surface area contributed by atoms with Crippen LogP contribution in [0.25, 0.3) is 0 Å². The number of nitrogens with zero attached hydrogens (tertiary/aromatic N) is 1. The highest BCUT2D eigenvalue weighted by Crippen LogP contribution is 2.09. The molecule has 1 aromatic heterocycles. The molecule has 0 amide bonds. The Kier molecular flexibility index (Phi) is 5.91. The van der Waals surface area contributed by atoms with Gasteiger partial charge in [-0.2, -0.15) is 0 Å². The molecule has 0 aliphatic carbocycles. The van der Waals surface area contributed by atoms with Gasteiger partial charge in [-0.3, -0.25) is 14.9 Å².